The summed E-state index contributed by atoms with van der Waals surface area (Å²) in [6.07, 6.45) is 0.706. The van der Waals surface area contributed by atoms with Gasteiger partial charge in [0.15, 0.2) is 5.78 Å². The minimum atomic E-state index is -0.792. The number of nitro benzene ring substituents is 1. The molecule has 2 aromatic carbocycles. The van der Waals surface area contributed by atoms with E-state index in [0.717, 1.165) is 16.1 Å². The Morgan fingerprint density at radius 2 is 1.64 bits per heavy atom. The fourth-order valence-electron chi connectivity index (χ4n) is 5.60. The number of benzene rings is 2. The van der Waals surface area contributed by atoms with Crippen LogP contribution in [0.25, 0.3) is 0 Å². The van der Waals surface area contributed by atoms with Crippen molar-refractivity contribution in [2.45, 2.75) is 16.1 Å². The lowest BCUT2D eigenvalue weighted by Crippen LogP contribution is -2.52. The van der Waals surface area contributed by atoms with Gasteiger partial charge in [0.2, 0.25) is 0 Å². The molecule has 0 N–H and O–H groups in total. The summed E-state index contributed by atoms with van der Waals surface area (Å²) in [4.78, 5) is 64.6. The quantitative estimate of drug-likeness (QED) is 0.153. The van der Waals surface area contributed by atoms with E-state index in [1.165, 1.54) is 30.3 Å². The Bertz CT molecular complexity index is 1290. The van der Waals surface area contributed by atoms with Crippen molar-refractivity contribution >= 4 is 72.7 Å². The van der Waals surface area contributed by atoms with Gasteiger partial charge in [0, 0.05) is 27.4 Å². The maximum Gasteiger partial charge on any atom is 0.274 e. The average Bonchev–Trinajstić information content (AvgIpc) is 3.47. The SMILES string of the molecule is O=C(CN(C(=O)c1ccccc1Cl)N1C(=O)[C@@H]2[C@H]3C[C@@H]([C@H](Br)[C@@H]3Br)[C@@H]2C1=O)c1cccc([N+](=O)[O-])c1. The van der Waals surface area contributed by atoms with Gasteiger partial charge in [-0.3, -0.25) is 29.3 Å². The molecule has 6 atom stereocenters. The second-order valence-electron chi connectivity index (χ2n) is 9.07. The number of hydrogen-bond acceptors (Lipinski definition) is 6. The van der Waals surface area contributed by atoms with E-state index in [1.807, 2.05) is 0 Å². The molecule has 3 fully saturated rings. The zero-order valence-corrected chi connectivity index (χ0v) is 22.4. The number of hydrazine groups is 1. The van der Waals surface area contributed by atoms with Gasteiger partial charge in [-0.05, 0) is 30.4 Å². The molecule has 5 rings (SSSR count). The van der Waals surface area contributed by atoms with Gasteiger partial charge in [-0.25, -0.2) is 5.01 Å². The summed E-state index contributed by atoms with van der Waals surface area (Å²) in [6.45, 7) is -0.674. The molecule has 186 valence electrons. The lowest BCUT2D eigenvalue weighted by molar-refractivity contribution is -0.384. The van der Waals surface area contributed by atoms with Crippen molar-refractivity contribution in [1.29, 1.82) is 0 Å². The first-order valence-electron chi connectivity index (χ1n) is 11.1. The molecule has 0 spiro atoms. The molecule has 1 saturated heterocycles. The highest BCUT2D eigenvalue weighted by Crippen LogP contribution is 2.60. The summed E-state index contributed by atoms with van der Waals surface area (Å²) >= 11 is 13.5. The summed E-state index contributed by atoms with van der Waals surface area (Å²) in [5.41, 5.74) is -0.305. The van der Waals surface area contributed by atoms with Crippen molar-refractivity contribution in [1.82, 2.24) is 10.0 Å². The van der Waals surface area contributed by atoms with Crippen LogP contribution in [0.1, 0.15) is 27.1 Å². The van der Waals surface area contributed by atoms with E-state index >= 15 is 0 Å². The minimum absolute atomic E-state index is 0.000306. The van der Waals surface area contributed by atoms with Crippen LogP contribution in [-0.2, 0) is 9.59 Å². The maximum atomic E-state index is 13.6. The van der Waals surface area contributed by atoms with Gasteiger partial charge in [-0.2, -0.15) is 5.01 Å². The molecule has 2 aliphatic carbocycles. The molecule has 36 heavy (non-hydrogen) atoms. The predicted octanol–water partition coefficient (Wildman–Crippen LogP) is 4.27. The lowest BCUT2D eigenvalue weighted by Gasteiger charge is -2.31. The van der Waals surface area contributed by atoms with Crippen LogP contribution < -0.4 is 0 Å². The Morgan fingerprint density at radius 3 is 2.22 bits per heavy atom. The van der Waals surface area contributed by atoms with E-state index in [9.17, 15) is 29.3 Å². The smallest absolute Gasteiger partial charge is 0.274 e. The van der Waals surface area contributed by atoms with Crippen LogP contribution in [0.15, 0.2) is 48.5 Å². The van der Waals surface area contributed by atoms with Gasteiger partial charge in [-0.15, -0.1) is 0 Å². The number of carbonyl (C=O) groups excluding carboxylic acids is 4. The Kier molecular flexibility index (Phi) is 6.50. The summed E-state index contributed by atoms with van der Waals surface area (Å²) < 4.78 is 0. The highest BCUT2D eigenvalue weighted by atomic mass is 79.9. The first-order chi connectivity index (χ1) is 17.1. The van der Waals surface area contributed by atoms with E-state index in [1.54, 1.807) is 12.1 Å². The van der Waals surface area contributed by atoms with Crippen molar-refractivity contribution < 1.29 is 24.1 Å². The molecule has 3 amide bonds. The molecule has 1 heterocycles. The molecule has 0 radical (unpaired) electrons. The molecule has 9 nitrogen and oxygen atoms in total. The van der Waals surface area contributed by atoms with Crippen LogP contribution in [0.3, 0.4) is 0 Å². The lowest BCUT2D eigenvalue weighted by atomic mass is 9.81. The number of halogens is 3. The molecule has 0 aromatic heterocycles. The van der Waals surface area contributed by atoms with E-state index in [2.05, 4.69) is 31.9 Å². The number of ketones is 1. The summed E-state index contributed by atoms with van der Waals surface area (Å²) in [7, 11) is 0. The zero-order chi connectivity index (χ0) is 25.9. The first-order valence-corrected chi connectivity index (χ1v) is 13.3. The van der Waals surface area contributed by atoms with Gasteiger partial charge in [0.1, 0.15) is 6.54 Å². The molecule has 0 unspecified atom stereocenters. The van der Waals surface area contributed by atoms with Crippen LogP contribution in [0.2, 0.25) is 5.02 Å². The van der Waals surface area contributed by atoms with Crippen LogP contribution in [0, 0.1) is 33.8 Å². The van der Waals surface area contributed by atoms with E-state index < -0.39 is 46.8 Å². The Balaban J connectivity index is 1.52. The summed E-state index contributed by atoms with van der Waals surface area (Å²) in [5.74, 6) is -3.91. The van der Waals surface area contributed by atoms with Crippen molar-refractivity contribution in [3.05, 3.63) is 74.8 Å². The maximum absolute atomic E-state index is 13.6. The van der Waals surface area contributed by atoms with Gasteiger partial charge in [0.05, 0.1) is 27.3 Å². The number of nitro groups is 1. The average molecular weight is 640 g/mol. The molecule has 12 heteroatoms. The number of amides is 3. The second kappa shape index (κ2) is 9.35. The fourth-order valence-corrected chi connectivity index (χ4v) is 7.69. The van der Waals surface area contributed by atoms with E-state index in [-0.39, 0.29) is 43.3 Å². The largest absolute Gasteiger partial charge is 0.292 e. The zero-order valence-electron chi connectivity index (χ0n) is 18.4. The van der Waals surface area contributed by atoms with Crippen molar-refractivity contribution in [2.75, 3.05) is 6.54 Å². The number of fused-ring (bicyclic) bond motifs is 5. The summed E-state index contributed by atoms with van der Waals surface area (Å²) in [6, 6.07) is 11.2. The predicted molar refractivity (Wildman–Crippen MR) is 136 cm³/mol. The van der Waals surface area contributed by atoms with Crippen LogP contribution >= 0.6 is 43.5 Å². The van der Waals surface area contributed by atoms with E-state index in [0.29, 0.717) is 6.42 Å². The number of imide groups is 1. The monoisotopic (exact) mass is 637 g/mol. The normalized spacial score (nSPS) is 28.4. The number of non-ortho nitro benzene ring substituents is 1. The van der Waals surface area contributed by atoms with Crippen LogP contribution in [0.4, 0.5) is 5.69 Å². The third-order valence-electron chi connectivity index (χ3n) is 7.22. The van der Waals surface area contributed by atoms with Crippen LogP contribution in [0.5, 0.6) is 0 Å². The van der Waals surface area contributed by atoms with Gasteiger partial charge < -0.3 is 0 Å². The Morgan fingerprint density at radius 1 is 1.03 bits per heavy atom. The fraction of sp³-hybridized carbons (Fsp3) is 0.333. The van der Waals surface area contributed by atoms with Gasteiger partial charge in [0.25, 0.3) is 23.4 Å². The van der Waals surface area contributed by atoms with Crippen molar-refractivity contribution in [2.24, 2.45) is 23.7 Å². The van der Waals surface area contributed by atoms with Crippen molar-refractivity contribution in [3.8, 4) is 0 Å². The summed E-state index contributed by atoms with van der Waals surface area (Å²) in [5, 5.41) is 12.9. The molecular formula is C24H18Br2ClN3O6. The highest BCUT2D eigenvalue weighted by molar-refractivity contribution is 9.12. The molecule has 3 aliphatic rings. The molecule has 1 aliphatic heterocycles. The van der Waals surface area contributed by atoms with Crippen LogP contribution in [-0.4, -0.2) is 54.6 Å². The highest BCUT2D eigenvalue weighted by Gasteiger charge is 2.67. The Hall–Kier alpha value is -2.63. The number of alkyl halides is 2. The molecule has 2 bridgehead atoms. The van der Waals surface area contributed by atoms with Gasteiger partial charge >= 0.3 is 0 Å². The van der Waals surface area contributed by atoms with Crippen molar-refractivity contribution in [3.63, 3.8) is 0 Å². The molecule has 2 saturated carbocycles. The van der Waals surface area contributed by atoms with Gasteiger partial charge in [-0.1, -0.05) is 67.7 Å². The third kappa shape index (κ3) is 3.88. The number of rotatable bonds is 6. The molecular weight excluding hydrogens is 622 g/mol. The molecule has 2 aromatic rings. The third-order valence-corrected chi connectivity index (χ3v) is 10.8. The first kappa shape index (κ1) is 25.0. The number of hydrogen-bond donors (Lipinski definition) is 0. The standard InChI is InChI=1S/C24H18Br2ClN3O6/c25-20-14-9-15(21(20)26)19-18(14)23(33)29(24(19)34)28(22(32)13-6-1-2-7-16(13)27)10-17(31)11-4-3-5-12(8-11)30(35)36/h1-8,14-15,18-21H,9-10H2/t14-,15-,18-,19+,20-,21+/m1/s1. The Labute approximate surface area is 227 Å². The minimum Gasteiger partial charge on any atom is -0.292 e. The number of nitrogens with zero attached hydrogens (tertiary/aromatic N) is 3. The number of carbonyl (C=O) groups is 4. The second-order valence-corrected chi connectivity index (χ2v) is 11.6. The van der Waals surface area contributed by atoms with E-state index in [4.69, 9.17) is 11.6 Å². The number of Topliss-reactive ketones (excluding diaryl/α,β-unsaturated/α-hetero) is 1. The topological polar surface area (TPSA) is 118 Å².